The van der Waals surface area contributed by atoms with Gasteiger partial charge in [-0.05, 0) is 12.8 Å². The lowest BCUT2D eigenvalue weighted by Gasteiger charge is -2.26. The third-order valence-electron chi connectivity index (χ3n) is 4.56. The van der Waals surface area contributed by atoms with E-state index in [-0.39, 0.29) is 18.4 Å². The Hall–Kier alpha value is -1.89. The average Bonchev–Trinajstić information content (AvgIpc) is 3.04. The van der Waals surface area contributed by atoms with Crippen LogP contribution in [0.4, 0.5) is 0 Å². The second-order valence-electron chi connectivity index (χ2n) is 6.37. The summed E-state index contributed by atoms with van der Waals surface area (Å²) in [4.78, 5) is 26.3. The van der Waals surface area contributed by atoms with E-state index in [4.69, 9.17) is 0 Å². The van der Waals surface area contributed by atoms with Crippen LogP contribution in [0.2, 0.25) is 0 Å². The summed E-state index contributed by atoms with van der Waals surface area (Å²) in [7, 11) is 0. The van der Waals surface area contributed by atoms with Gasteiger partial charge in [-0.2, -0.15) is 5.10 Å². The molecule has 7 heteroatoms. The van der Waals surface area contributed by atoms with Crippen LogP contribution in [0.15, 0.2) is 12.4 Å². The molecule has 7 nitrogen and oxygen atoms in total. The van der Waals surface area contributed by atoms with Crippen LogP contribution in [0.1, 0.15) is 42.5 Å². The van der Waals surface area contributed by atoms with Gasteiger partial charge in [0, 0.05) is 38.4 Å². The number of nitrogens with one attached hydrogen (secondary N) is 2. The van der Waals surface area contributed by atoms with Gasteiger partial charge in [0.2, 0.25) is 5.91 Å². The largest absolute Gasteiger partial charge is 0.352 e. The van der Waals surface area contributed by atoms with Crippen molar-refractivity contribution < 1.29 is 9.59 Å². The van der Waals surface area contributed by atoms with E-state index in [9.17, 15) is 9.59 Å². The Morgan fingerprint density at radius 2 is 1.96 bits per heavy atom. The number of hydrogen-bond donors (Lipinski definition) is 2. The van der Waals surface area contributed by atoms with E-state index in [1.807, 2.05) is 4.90 Å². The first kappa shape index (κ1) is 16.0. The number of rotatable bonds is 4. The minimum absolute atomic E-state index is 0.00885. The Balaban J connectivity index is 1.51. The summed E-state index contributed by atoms with van der Waals surface area (Å²) in [6.07, 6.45) is 9.01. The lowest BCUT2D eigenvalue weighted by Crippen LogP contribution is -2.46. The number of amides is 2. The van der Waals surface area contributed by atoms with E-state index in [0.717, 1.165) is 25.9 Å². The number of piperazine rings is 1. The van der Waals surface area contributed by atoms with Gasteiger partial charge in [0.1, 0.15) is 6.54 Å². The van der Waals surface area contributed by atoms with Gasteiger partial charge in [-0.15, -0.1) is 0 Å². The minimum Gasteiger partial charge on any atom is -0.352 e. The average molecular weight is 319 g/mol. The van der Waals surface area contributed by atoms with Crippen LogP contribution in [0, 0.1) is 0 Å². The van der Waals surface area contributed by atoms with Crippen molar-refractivity contribution in [3.8, 4) is 0 Å². The molecule has 2 heterocycles. The van der Waals surface area contributed by atoms with Crippen molar-refractivity contribution in [3.05, 3.63) is 18.0 Å². The maximum atomic E-state index is 12.4. The van der Waals surface area contributed by atoms with Gasteiger partial charge in [-0.3, -0.25) is 14.3 Å². The molecule has 0 spiro atoms. The number of hydrogen-bond acceptors (Lipinski definition) is 4. The first-order chi connectivity index (χ1) is 11.2. The fourth-order valence-corrected chi connectivity index (χ4v) is 3.28. The number of nitrogens with zero attached hydrogens (tertiary/aromatic N) is 3. The van der Waals surface area contributed by atoms with E-state index >= 15 is 0 Å². The molecule has 0 radical (unpaired) electrons. The van der Waals surface area contributed by atoms with E-state index in [2.05, 4.69) is 15.7 Å². The summed E-state index contributed by atoms with van der Waals surface area (Å²) in [5.74, 6) is -0.0355. The van der Waals surface area contributed by atoms with Crippen molar-refractivity contribution in [2.75, 3.05) is 26.2 Å². The molecule has 2 amide bonds. The summed E-state index contributed by atoms with van der Waals surface area (Å²) < 4.78 is 1.55. The lowest BCUT2D eigenvalue weighted by atomic mass is 9.95. The van der Waals surface area contributed by atoms with Crippen LogP contribution < -0.4 is 10.6 Å². The Bertz CT molecular complexity index is 544. The molecule has 1 aliphatic heterocycles. The molecule has 2 N–H and O–H groups in total. The molecule has 0 aromatic carbocycles. The molecule has 0 atom stereocenters. The zero-order valence-electron chi connectivity index (χ0n) is 13.5. The van der Waals surface area contributed by atoms with Gasteiger partial charge < -0.3 is 15.5 Å². The van der Waals surface area contributed by atoms with Crippen molar-refractivity contribution in [2.45, 2.75) is 44.7 Å². The second-order valence-corrected chi connectivity index (χ2v) is 6.37. The maximum Gasteiger partial charge on any atom is 0.257 e. The Kier molecular flexibility index (Phi) is 5.27. The number of carbonyl (C=O) groups is 2. The zero-order chi connectivity index (χ0) is 16.1. The van der Waals surface area contributed by atoms with Gasteiger partial charge >= 0.3 is 0 Å². The van der Waals surface area contributed by atoms with E-state index in [1.54, 1.807) is 17.1 Å². The van der Waals surface area contributed by atoms with Crippen LogP contribution >= 0.6 is 0 Å². The van der Waals surface area contributed by atoms with Crippen LogP contribution in [0.3, 0.4) is 0 Å². The fourth-order valence-electron chi connectivity index (χ4n) is 3.28. The lowest BCUT2D eigenvalue weighted by molar-refractivity contribution is -0.122. The smallest absolute Gasteiger partial charge is 0.257 e. The molecule has 126 valence electrons. The van der Waals surface area contributed by atoms with Gasteiger partial charge in [-0.1, -0.05) is 19.3 Å². The minimum atomic E-state index is -0.0267. The molecule has 0 bridgehead atoms. The molecule has 2 fully saturated rings. The van der Waals surface area contributed by atoms with E-state index in [1.165, 1.54) is 19.3 Å². The Morgan fingerprint density at radius 1 is 1.22 bits per heavy atom. The molecule has 1 aromatic heterocycles. The standard InChI is InChI=1S/C16H25N5O2/c22-15(19-14-4-2-1-3-5-14)12-21-11-13(10-18-21)16(23)20-8-6-17-7-9-20/h10-11,14,17H,1-9,12H2,(H,19,22). The van der Waals surface area contributed by atoms with Crippen molar-refractivity contribution in [1.29, 1.82) is 0 Å². The van der Waals surface area contributed by atoms with Gasteiger partial charge in [0.15, 0.2) is 0 Å². The predicted octanol–water partition coefficient (Wildman–Crippen LogP) is 0.377. The van der Waals surface area contributed by atoms with E-state index in [0.29, 0.717) is 24.7 Å². The van der Waals surface area contributed by atoms with Crippen molar-refractivity contribution in [2.24, 2.45) is 0 Å². The summed E-state index contributed by atoms with van der Waals surface area (Å²) >= 11 is 0. The van der Waals surface area contributed by atoms with Crippen molar-refractivity contribution >= 4 is 11.8 Å². The fraction of sp³-hybridized carbons (Fsp3) is 0.688. The predicted molar refractivity (Wildman–Crippen MR) is 86.0 cm³/mol. The number of aromatic nitrogens is 2. The molecule has 1 saturated heterocycles. The molecular weight excluding hydrogens is 294 g/mol. The highest BCUT2D eigenvalue weighted by atomic mass is 16.2. The molecular formula is C16H25N5O2. The molecule has 1 aliphatic carbocycles. The van der Waals surface area contributed by atoms with E-state index < -0.39 is 0 Å². The summed E-state index contributed by atoms with van der Waals surface area (Å²) in [5.41, 5.74) is 0.553. The Labute approximate surface area is 136 Å². The van der Waals surface area contributed by atoms with Crippen LogP contribution in [-0.2, 0) is 11.3 Å². The monoisotopic (exact) mass is 319 g/mol. The van der Waals surface area contributed by atoms with Gasteiger partial charge in [0.05, 0.1) is 11.8 Å². The molecule has 2 aliphatic rings. The summed E-state index contributed by atoms with van der Waals surface area (Å²) in [5, 5.41) is 10.4. The SMILES string of the molecule is O=C(Cn1cc(C(=O)N2CCNCC2)cn1)NC1CCCCC1. The topological polar surface area (TPSA) is 79.3 Å². The highest BCUT2D eigenvalue weighted by molar-refractivity contribution is 5.93. The van der Waals surface area contributed by atoms with Crippen molar-refractivity contribution in [1.82, 2.24) is 25.3 Å². The highest BCUT2D eigenvalue weighted by Crippen LogP contribution is 2.17. The number of carbonyl (C=O) groups excluding carboxylic acids is 2. The van der Waals surface area contributed by atoms with Crippen LogP contribution in [0.5, 0.6) is 0 Å². The first-order valence-corrected chi connectivity index (χ1v) is 8.54. The molecule has 1 saturated carbocycles. The molecule has 3 rings (SSSR count). The van der Waals surface area contributed by atoms with Crippen LogP contribution in [-0.4, -0.2) is 58.7 Å². The quantitative estimate of drug-likeness (QED) is 0.841. The molecule has 1 aromatic rings. The second kappa shape index (κ2) is 7.59. The zero-order valence-corrected chi connectivity index (χ0v) is 13.5. The van der Waals surface area contributed by atoms with Gasteiger partial charge in [0.25, 0.3) is 5.91 Å². The molecule has 23 heavy (non-hydrogen) atoms. The first-order valence-electron chi connectivity index (χ1n) is 8.54. The molecule has 0 unspecified atom stereocenters. The third-order valence-corrected chi connectivity index (χ3v) is 4.56. The van der Waals surface area contributed by atoms with Gasteiger partial charge in [-0.25, -0.2) is 0 Å². The van der Waals surface area contributed by atoms with Crippen molar-refractivity contribution in [3.63, 3.8) is 0 Å². The Morgan fingerprint density at radius 3 is 2.70 bits per heavy atom. The summed E-state index contributed by atoms with van der Waals surface area (Å²) in [6.45, 7) is 3.25. The maximum absolute atomic E-state index is 12.4. The normalized spacial score (nSPS) is 19.6. The van der Waals surface area contributed by atoms with Crippen LogP contribution in [0.25, 0.3) is 0 Å². The summed E-state index contributed by atoms with van der Waals surface area (Å²) in [6, 6.07) is 0.300. The third kappa shape index (κ3) is 4.31. The highest BCUT2D eigenvalue weighted by Gasteiger charge is 2.20.